The highest BCUT2D eigenvalue weighted by molar-refractivity contribution is 6.35. The van der Waals surface area contributed by atoms with Crippen LogP contribution in [0.3, 0.4) is 0 Å². The van der Waals surface area contributed by atoms with Crippen molar-refractivity contribution in [3.63, 3.8) is 0 Å². The van der Waals surface area contributed by atoms with Gasteiger partial charge in [-0.15, -0.1) is 0 Å². The number of nitrogens with zero attached hydrogens (tertiary/aromatic N) is 1. The Hall–Kier alpha value is -3.15. The fourth-order valence-electron chi connectivity index (χ4n) is 2.61. The number of Topliss-reactive ketones (excluding diaryl/α,β-unsaturated/α-hetero) is 1. The van der Waals surface area contributed by atoms with Crippen LogP contribution in [0.15, 0.2) is 84.0 Å². The molecular formula is C23H18Cl2N2O3. The maximum Gasteiger partial charge on any atom is 0.277 e. The summed E-state index contributed by atoms with van der Waals surface area (Å²) in [5, 5.41) is 4.94. The van der Waals surface area contributed by atoms with Crippen molar-refractivity contribution < 1.29 is 14.3 Å². The van der Waals surface area contributed by atoms with Gasteiger partial charge in [-0.1, -0.05) is 83.9 Å². The van der Waals surface area contributed by atoms with Crippen molar-refractivity contribution in [1.82, 2.24) is 5.43 Å². The van der Waals surface area contributed by atoms with Gasteiger partial charge in [0.2, 0.25) is 0 Å². The molecule has 0 saturated heterocycles. The van der Waals surface area contributed by atoms with E-state index in [1.54, 1.807) is 36.4 Å². The molecule has 1 amide bonds. The number of ketones is 1. The molecule has 3 aromatic rings. The van der Waals surface area contributed by atoms with Crippen LogP contribution in [0.1, 0.15) is 22.3 Å². The average molecular weight is 441 g/mol. The highest BCUT2D eigenvalue weighted by Crippen LogP contribution is 2.27. The minimum atomic E-state index is -0.485. The third kappa shape index (κ3) is 6.17. The standard InChI is InChI=1S/C23H18Cl2N2O3/c24-18-11-12-22(19(25)13-18)30-15-23(29)27-26-20(16-7-3-1-4-8-16)14-21(28)17-9-5-2-6-10-17/h1-13H,14-15H2,(H,27,29)/b26-20+. The molecule has 0 aliphatic rings. The lowest BCUT2D eigenvalue weighted by atomic mass is 10.0. The molecule has 0 saturated carbocycles. The summed E-state index contributed by atoms with van der Waals surface area (Å²) < 4.78 is 5.40. The van der Waals surface area contributed by atoms with Crippen molar-refractivity contribution in [2.75, 3.05) is 6.61 Å². The molecule has 152 valence electrons. The first-order chi connectivity index (χ1) is 14.5. The second kappa shape index (κ2) is 10.6. The Morgan fingerprint density at radius 1 is 0.867 bits per heavy atom. The van der Waals surface area contributed by atoms with E-state index in [4.69, 9.17) is 27.9 Å². The van der Waals surface area contributed by atoms with Crippen molar-refractivity contribution in [3.05, 3.63) is 100 Å². The summed E-state index contributed by atoms with van der Waals surface area (Å²) in [7, 11) is 0. The summed E-state index contributed by atoms with van der Waals surface area (Å²) >= 11 is 11.9. The number of carbonyl (C=O) groups is 2. The fraction of sp³-hybridized carbons (Fsp3) is 0.0870. The quantitative estimate of drug-likeness (QED) is 0.298. The average Bonchev–Trinajstić information content (AvgIpc) is 2.77. The molecule has 5 nitrogen and oxygen atoms in total. The molecule has 0 fully saturated rings. The van der Waals surface area contributed by atoms with Gasteiger partial charge in [0, 0.05) is 10.6 Å². The summed E-state index contributed by atoms with van der Waals surface area (Å²) in [4.78, 5) is 24.8. The molecule has 0 aliphatic carbocycles. The Labute approximate surface area is 184 Å². The number of rotatable bonds is 8. The van der Waals surface area contributed by atoms with Gasteiger partial charge in [0.1, 0.15) is 5.75 Å². The predicted octanol–water partition coefficient (Wildman–Crippen LogP) is 5.17. The zero-order chi connectivity index (χ0) is 21.3. The molecule has 0 radical (unpaired) electrons. The van der Waals surface area contributed by atoms with E-state index >= 15 is 0 Å². The monoisotopic (exact) mass is 440 g/mol. The summed E-state index contributed by atoms with van der Waals surface area (Å²) in [6.07, 6.45) is 0.0399. The van der Waals surface area contributed by atoms with E-state index in [0.717, 1.165) is 5.56 Å². The zero-order valence-electron chi connectivity index (χ0n) is 15.8. The molecule has 0 spiro atoms. The number of nitrogens with one attached hydrogen (secondary N) is 1. The number of hydrazone groups is 1. The Morgan fingerprint density at radius 3 is 2.13 bits per heavy atom. The number of benzene rings is 3. The minimum absolute atomic E-state index is 0.0399. The number of hydrogen-bond donors (Lipinski definition) is 1. The lowest BCUT2D eigenvalue weighted by Gasteiger charge is -2.09. The lowest BCUT2D eigenvalue weighted by Crippen LogP contribution is -2.26. The van der Waals surface area contributed by atoms with Crippen LogP contribution in [0.5, 0.6) is 5.75 Å². The van der Waals surface area contributed by atoms with Gasteiger partial charge in [-0.25, -0.2) is 5.43 Å². The molecule has 30 heavy (non-hydrogen) atoms. The van der Waals surface area contributed by atoms with E-state index in [-0.39, 0.29) is 18.8 Å². The molecule has 0 unspecified atom stereocenters. The summed E-state index contributed by atoms with van der Waals surface area (Å²) in [6.45, 7) is -0.292. The Kier molecular flexibility index (Phi) is 7.60. The van der Waals surface area contributed by atoms with Crippen molar-refractivity contribution in [2.24, 2.45) is 5.10 Å². The number of ether oxygens (including phenoxy) is 1. The number of amides is 1. The van der Waals surface area contributed by atoms with Gasteiger partial charge < -0.3 is 4.74 Å². The van der Waals surface area contributed by atoms with Crippen molar-refractivity contribution in [1.29, 1.82) is 0 Å². The number of carbonyl (C=O) groups excluding carboxylic acids is 2. The van der Waals surface area contributed by atoms with Crippen LogP contribution in [0.25, 0.3) is 0 Å². The smallest absolute Gasteiger partial charge is 0.277 e. The molecule has 0 bridgehead atoms. The Morgan fingerprint density at radius 2 is 1.50 bits per heavy atom. The largest absolute Gasteiger partial charge is 0.482 e. The number of hydrogen-bond acceptors (Lipinski definition) is 4. The van der Waals surface area contributed by atoms with E-state index in [1.165, 1.54) is 6.07 Å². The van der Waals surface area contributed by atoms with Crippen LogP contribution in [0, 0.1) is 0 Å². The maximum atomic E-state index is 12.6. The first-order valence-electron chi connectivity index (χ1n) is 9.10. The van der Waals surface area contributed by atoms with E-state index < -0.39 is 5.91 Å². The molecule has 1 N–H and O–H groups in total. The predicted molar refractivity (Wildman–Crippen MR) is 118 cm³/mol. The van der Waals surface area contributed by atoms with Crippen LogP contribution < -0.4 is 10.2 Å². The van der Waals surface area contributed by atoms with Gasteiger partial charge in [0.25, 0.3) is 5.91 Å². The molecular weight excluding hydrogens is 423 g/mol. The van der Waals surface area contributed by atoms with Gasteiger partial charge in [-0.3, -0.25) is 9.59 Å². The summed E-state index contributed by atoms with van der Waals surface area (Å²) in [5.41, 5.74) is 4.21. The van der Waals surface area contributed by atoms with E-state index in [9.17, 15) is 9.59 Å². The second-order valence-corrected chi connectivity index (χ2v) is 7.13. The van der Waals surface area contributed by atoms with Gasteiger partial charge in [0.05, 0.1) is 17.2 Å². The zero-order valence-corrected chi connectivity index (χ0v) is 17.4. The van der Waals surface area contributed by atoms with Crippen LogP contribution in [-0.2, 0) is 4.79 Å². The first kappa shape index (κ1) is 21.6. The van der Waals surface area contributed by atoms with Crippen molar-refractivity contribution in [3.8, 4) is 5.75 Å². The molecule has 0 aliphatic heterocycles. The third-order valence-corrected chi connectivity index (χ3v) is 4.63. The van der Waals surface area contributed by atoms with Crippen LogP contribution >= 0.6 is 23.2 Å². The van der Waals surface area contributed by atoms with Crippen molar-refractivity contribution in [2.45, 2.75) is 6.42 Å². The molecule has 3 rings (SSSR count). The molecule has 3 aromatic carbocycles. The van der Waals surface area contributed by atoms with Crippen LogP contribution in [-0.4, -0.2) is 24.0 Å². The third-order valence-electron chi connectivity index (χ3n) is 4.10. The first-order valence-corrected chi connectivity index (χ1v) is 9.85. The van der Waals surface area contributed by atoms with Gasteiger partial charge in [-0.2, -0.15) is 5.10 Å². The molecule has 0 atom stereocenters. The molecule has 0 heterocycles. The summed E-state index contributed by atoms with van der Waals surface area (Å²) in [5.74, 6) is -0.249. The van der Waals surface area contributed by atoms with E-state index in [0.29, 0.717) is 27.1 Å². The molecule has 7 heteroatoms. The van der Waals surface area contributed by atoms with Crippen molar-refractivity contribution >= 4 is 40.6 Å². The van der Waals surface area contributed by atoms with E-state index in [1.807, 2.05) is 36.4 Å². The fourth-order valence-corrected chi connectivity index (χ4v) is 3.08. The Balaban J connectivity index is 1.68. The highest BCUT2D eigenvalue weighted by atomic mass is 35.5. The highest BCUT2D eigenvalue weighted by Gasteiger charge is 2.13. The van der Waals surface area contributed by atoms with Gasteiger partial charge >= 0.3 is 0 Å². The minimum Gasteiger partial charge on any atom is -0.482 e. The topological polar surface area (TPSA) is 67.8 Å². The van der Waals surface area contributed by atoms with Gasteiger partial charge in [0.15, 0.2) is 12.4 Å². The Bertz CT molecular complexity index is 1050. The SMILES string of the molecule is O=C(COc1ccc(Cl)cc1Cl)N/N=C(\CC(=O)c1ccccc1)c1ccccc1. The lowest BCUT2D eigenvalue weighted by molar-refractivity contribution is -0.123. The van der Waals surface area contributed by atoms with Gasteiger partial charge in [-0.05, 0) is 23.8 Å². The molecule has 0 aromatic heterocycles. The summed E-state index contributed by atoms with van der Waals surface area (Å²) in [6, 6.07) is 22.8. The van der Waals surface area contributed by atoms with Crippen LogP contribution in [0.4, 0.5) is 0 Å². The normalized spacial score (nSPS) is 11.1. The van der Waals surface area contributed by atoms with E-state index in [2.05, 4.69) is 10.5 Å². The number of halogens is 2. The maximum absolute atomic E-state index is 12.6. The second-order valence-electron chi connectivity index (χ2n) is 6.29. The van der Waals surface area contributed by atoms with Crippen LogP contribution in [0.2, 0.25) is 10.0 Å².